The Balaban J connectivity index is 0.976. The summed E-state index contributed by atoms with van der Waals surface area (Å²) in [5.74, 6) is 0.649. The number of rotatable bonds is 6. The second-order valence-electron chi connectivity index (χ2n) is 18.6. The third kappa shape index (κ3) is 6.84. The van der Waals surface area contributed by atoms with Crippen molar-refractivity contribution in [3.8, 4) is 39.1 Å². The highest BCUT2D eigenvalue weighted by Crippen LogP contribution is 2.49. The Hall–Kier alpha value is -8.51. The molecule has 0 saturated heterocycles. The van der Waals surface area contributed by atoms with E-state index in [0.717, 1.165) is 60.1 Å². The van der Waals surface area contributed by atoms with Gasteiger partial charge in [0.1, 0.15) is 0 Å². The summed E-state index contributed by atoms with van der Waals surface area (Å²) in [4.78, 5) is 10.5. The highest BCUT2D eigenvalue weighted by Gasteiger charge is 2.35. The SMILES string of the molecule is CC1(C)c2ccccc2-c2ccc(C(=N)N=C(N=Cc3cc(-c4ccccc4)cc(-c4ccccc4)c3)c3cccc4sc5cc(-n6c7ccccc7c7cc8ccccc8cc76)ccc5c34)cc21. The smallest absolute Gasteiger partial charge is 0.162 e. The molecule has 0 unspecified atom stereocenters. The summed E-state index contributed by atoms with van der Waals surface area (Å²) in [6.45, 7) is 4.54. The van der Waals surface area contributed by atoms with Gasteiger partial charge < -0.3 is 4.57 Å². The van der Waals surface area contributed by atoms with Gasteiger partial charge in [-0.25, -0.2) is 9.98 Å². The van der Waals surface area contributed by atoms with Crippen LogP contribution in [-0.2, 0) is 5.41 Å². The second-order valence-corrected chi connectivity index (χ2v) is 19.7. The Morgan fingerprint density at radius 3 is 1.97 bits per heavy atom. The fourth-order valence-corrected chi connectivity index (χ4v) is 11.9. The average molecular weight is 901 g/mol. The Labute approximate surface area is 404 Å². The standard InChI is InChI=1S/C64H44N4S/c1-64(2)55-25-13-11-22-49(55)50-30-28-45(36-56(50)64)62(65)67-63(66-39-40-32-46(41-16-5-3-6-17-41)34-47(33-40)42-18-7-4-8-19-42)53-24-15-27-59-61(53)52-31-29-48(38-60(52)69-59)68-57-26-14-12-23-51(57)54-35-43-20-9-10-21-44(43)37-58(54)68/h3-39,65H,1-2H3. The molecule has 2 heterocycles. The van der Waals surface area contributed by atoms with E-state index in [9.17, 15) is 5.41 Å². The van der Waals surface area contributed by atoms with Crippen LogP contribution >= 0.6 is 11.3 Å². The van der Waals surface area contributed by atoms with Gasteiger partial charge in [0, 0.05) is 59.4 Å². The number of thiophene rings is 1. The molecule has 4 nitrogen and oxygen atoms in total. The van der Waals surface area contributed by atoms with E-state index in [1.165, 1.54) is 59.5 Å². The number of hydrogen-bond donors (Lipinski definition) is 1. The van der Waals surface area contributed by atoms with Gasteiger partial charge in [-0.15, -0.1) is 11.3 Å². The summed E-state index contributed by atoms with van der Waals surface area (Å²) in [7, 11) is 0. The van der Waals surface area contributed by atoms with Crippen LogP contribution in [0.1, 0.15) is 41.7 Å². The van der Waals surface area contributed by atoms with Gasteiger partial charge in [-0.3, -0.25) is 5.41 Å². The second kappa shape index (κ2) is 16.1. The highest BCUT2D eigenvalue weighted by molar-refractivity contribution is 7.26. The van der Waals surface area contributed by atoms with Crippen molar-refractivity contribution in [1.29, 1.82) is 5.41 Å². The Kier molecular flexibility index (Phi) is 9.50. The first-order chi connectivity index (χ1) is 33.9. The Morgan fingerprint density at radius 1 is 0.507 bits per heavy atom. The summed E-state index contributed by atoms with van der Waals surface area (Å²) in [6, 6.07) is 77.8. The number of amidine groups is 2. The van der Waals surface area contributed by atoms with Crippen LogP contribution in [0.2, 0.25) is 0 Å². The lowest BCUT2D eigenvalue weighted by Gasteiger charge is -2.21. The molecule has 0 radical (unpaired) electrons. The van der Waals surface area contributed by atoms with Gasteiger partial charge in [0.2, 0.25) is 0 Å². The molecule has 5 heteroatoms. The van der Waals surface area contributed by atoms with E-state index < -0.39 is 0 Å². The number of para-hydroxylation sites is 1. The molecule has 0 saturated carbocycles. The molecule has 0 spiro atoms. The van der Waals surface area contributed by atoms with E-state index in [1.807, 2.05) is 24.4 Å². The maximum Gasteiger partial charge on any atom is 0.162 e. The van der Waals surface area contributed by atoms with Crippen LogP contribution in [0, 0.1) is 5.41 Å². The van der Waals surface area contributed by atoms with Crippen molar-refractivity contribution < 1.29 is 0 Å². The molecule has 1 aliphatic carbocycles. The minimum atomic E-state index is -0.208. The van der Waals surface area contributed by atoms with Crippen LogP contribution in [0.5, 0.6) is 0 Å². The molecule has 1 aliphatic rings. The molecule has 2 aromatic heterocycles. The van der Waals surface area contributed by atoms with Crippen LogP contribution < -0.4 is 0 Å². The molecule has 1 N–H and O–H groups in total. The molecule has 0 bridgehead atoms. The molecule has 12 aromatic rings. The third-order valence-corrected chi connectivity index (χ3v) is 15.2. The van der Waals surface area contributed by atoms with Crippen LogP contribution in [0.15, 0.2) is 228 Å². The summed E-state index contributed by atoms with van der Waals surface area (Å²) in [5.41, 5.74) is 15.3. The van der Waals surface area contributed by atoms with Gasteiger partial charge in [-0.1, -0.05) is 172 Å². The monoisotopic (exact) mass is 900 g/mol. The maximum atomic E-state index is 9.70. The number of nitrogens with zero attached hydrogens (tertiary/aromatic N) is 3. The first-order valence-electron chi connectivity index (χ1n) is 23.5. The molecule has 0 fully saturated rings. The minimum Gasteiger partial charge on any atom is -0.309 e. The van der Waals surface area contributed by atoms with Crippen molar-refractivity contribution in [2.24, 2.45) is 9.98 Å². The molecule has 326 valence electrons. The molecular weight excluding hydrogens is 857 g/mol. The predicted molar refractivity (Wildman–Crippen MR) is 293 cm³/mol. The predicted octanol–water partition coefficient (Wildman–Crippen LogP) is 16.8. The number of aliphatic imine (C=N–C) groups is 2. The van der Waals surface area contributed by atoms with Crippen molar-refractivity contribution >= 4 is 82.0 Å². The normalized spacial score (nSPS) is 13.3. The van der Waals surface area contributed by atoms with Gasteiger partial charge in [-0.2, -0.15) is 0 Å². The lowest BCUT2D eigenvalue weighted by Crippen LogP contribution is -2.15. The summed E-state index contributed by atoms with van der Waals surface area (Å²) in [5, 5.41) is 16.8. The zero-order valence-corrected chi connectivity index (χ0v) is 38.9. The van der Waals surface area contributed by atoms with Crippen molar-refractivity contribution in [1.82, 2.24) is 4.57 Å². The van der Waals surface area contributed by atoms with E-state index in [0.29, 0.717) is 5.84 Å². The van der Waals surface area contributed by atoms with Crippen LogP contribution in [-0.4, -0.2) is 22.5 Å². The van der Waals surface area contributed by atoms with Crippen molar-refractivity contribution in [2.45, 2.75) is 19.3 Å². The van der Waals surface area contributed by atoms with Crippen LogP contribution in [0.25, 0.3) is 91.8 Å². The lowest BCUT2D eigenvalue weighted by atomic mass is 9.82. The number of aromatic nitrogens is 1. The first-order valence-corrected chi connectivity index (χ1v) is 24.3. The molecule has 69 heavy (non-hydrogen) atoms. The zero-order valence-electron chi connectivity index (χ0n) is 38.1. The fraction of sp³-hybridized carbons (Fsp3) is 0.0469. The number of nitrogens with one attached hydrogen (secondary N) is 1. The van der Waals surface area contributed by atoms with E-state index >= 15 is 0 Å². The van der Waals surface area contributed by atoms with E-state index in [1.54, 1.807) is 11.3 Å². The van der Waals surface area contributed by atoms with Crippen molar-refractivity contribution in [2.75, 3.05) is 0 Å². The van der Waals surface area contributed by atoms with Gasteiger partial charge in [0.05, 0.1) is 11.0 Å². The first kappa shape index (κ1) is 40.7. The lowest BCUT2D eigenvalue weighted by molar-refractivity contribution is 0.660. The minimum absolute atomic E-state index is 0.164. The molecule has 13 rings (SSSR count). The largest absolute Gasteiger partial charge is 0.309 e. The quantitative estimate of drug-likeness (QED) is 0.128. The molecule has 0 aliphatic heterocycles. The Morgan fingerprint density at radius 2 is 1.19 bits per heavy atom. The maximum absolute atomic E-state index is 9.70. The number of benzene rings is 10. The highest BCUT2D eigenvalue weighted by atomic mass is 32.1. The molecule has 10 aromatic carbocycles. The topological polar surface area (TPSA) is 53.5 Å². The average Bonchev–Trinajstić information content (AvgIpc) is 4.01. The number of fused-ring (bicyclic) bond motifs is 10. The zero-order chi connectivity index (χ0) is 46.2. The van der Waals surface area contributed by atoms with Crippen molar-refractivity contribution in [3.63, 3.8) is 0 Å². The van der Waals surface area contributed by atoms with Gasteiger partial charge >= 0.3 is 0 Å². The van der Waals surface area contributed by atoms with Crippen LogP contribution in [0.4, 0.5) is 0 Å². The molecule has 0 amide bonds. The fourth-order valence-electron chi connectivity index (χ4n) is 10.7. The van der Waals surface area contributed by atoms with E-state index in [2.05, 4.69) is 219 Å². The summed E-state index contributed by atoms with van der Waals surface area (Å²) < 4.78 is 4.71. The molecule has 0 atom stereocenters. The number of hydrogen-bond acceptors (Lipinski definition) is 2. The summed E-state index contributed by atoms with van der Waals surface area (Å²) >= 11 is 1.78. The molecular formula is C64H44N4S. The van der Waals surface area contributed by atoms with Gasteiger partial charge in [0.25, 0.3) is 0 Å². The third-order valence-electron chi connectivity index (χ3n) is 14.1. The summed E-state index contributed by atoms with van der Waals surface area (Å²) in [6.07, 6.45) is 1.92. The van der Waals surface area contributed by atoms with Gasteiger partial charge in [0.15, 0.2) is 11.7 Å². The van der Waals surface area contributed by atoms with Gasteiger partial charge in [-0.05, 0) is 122 Å². The Bertz CT molecular complexity index is 4060. The van der Waals surface area contributed by atoms with Crippen molar-refractivity contribution in [3.05, 3.63) is 246 Å². The van der Waals surface area contributed by atoms with Crippen LogP contribution in [0.3, 0.4) is 0 Å². The van der Waals surface area contributed by atoms with E-state index in [-0.39, 0.29) is 11.3 Å². The van der Waals surface area contributed by atoms with E-state index in [4.69, 9.17) is 9.98 Å².